The van der Waals surface area contributed by atoms with Crippen molar-refractivity contribution in [3.63, 3.8) is 0 Å². The minimum atomic E-state index is -0.251. The lowest BCUT2D eigenvalue weighted by Gasteiger charge is -2.34. The summed E-state index contributed by atoms with van der Waals surface area (Å²) in [5.74, 6) is 2.27. The largest absolute Gasteiger partial charge is 0.469 e. The van der Waals surface area contributed by atoms with Crippen molar-refractivity contribution in [1.29, 1.82) is 0 Å². The summed E-state index contributed by atoms with van der Waals surface area (Å²) in [6.45, 7) is 3.55. The van der Waals surface area contributed by atoms with Crippen molar-refractivity contribution in [3.05, 3.63) is 42.2 Å². The van der Waals surface area contributed by atoms with Crippen molar-refractivity contribution < 1.29 is 13.9 Å². The first kappa shape index (κ1) is 16.1. The van der Waals surface area contributed by atoms with E-state index in [4.69, 9.17) is 14.1 Å². The molecule has 4 rings (SSSR count). The standard InChI is InChI=1S/C18H22N4O3/c23-17(12-14-4-3-10-25-14)22-9-11-24-13-15(22)18-19-6-5-16(20-18)21-7-1-2-8-21/h3-6,10,15H,1-2,7-9,11-13H2. The SMILES string of the molecule is O=C(Cc1ccco1)N1CCOCC1c1nccc(N2CCCC2)n1. The second-order valence-corrected chi connectivity index (χ2v) is 6.40. The van der Waals surface area contributed by atoms with E-state index in [1.807, 2.05) is 17.0 Å². The first-order valence-corrected chi connectivity index (χ1v) is 8.79. The third-order valence-corrected chi connectivity index (χ3v) is 4.74. The molecule has 1 amide bonds. The highest BCUT2D eigenvalue weighted by Gasteiger charge is 2.31. The Balaban J connectivity index is 1.54. The minimum absolute atomic E-state index is 0.0124. The normalized spacial score (nSPS) is 20.9. The summed E-state index contributed by atoms with van der Waals surface area (Å²) < 4.78 is 10.9. The van der Waals surface area contributed by atoms with Crippen LogP contribution >= 0.6 is 0 Å². The number of carbonyl (C=O) groups is 1. The highest BCUT2D eigenvalue weighted by molar-refractivity contribution is 5.78. The Hall–Kier alpha value is -2.41. The number of carbonyl (C=O) groups excluding carboxylic acids is 1. The zero-order valence-electron chi connectivity index (χ0n) is 14.1. The van der Waals surface area contributed by atoms with E-state index in [9.17, 15) is 4.79 Å². The molecule has 7 nitrogen and oxygen atoms in total. The van der Waals surface area contributed by atoms with Gasteiger partial charge in [-0.3, -0.25) is 4.79 Å². The van der Waals surface area contributed by atoms with E-state index in [-0.39, 0.29) is 18.4 Å². The Morgan fingerprint density at radius 1 is 1.24 bits per heavy atom. The van der Waals surface area contributed by atoms with Crippen LogP contribution in [0.2, 0.25) is 0 Å². The van der Waals surface area contributed by atoms with E-state index in [1.54, 1.807) is 18.5 Å². The van der Waals surface area contributed by atoms with Gasteiger partial charge < -0.3 is 19.0 Å². The van der Waals surface area contributed by atoms with Crippen LogP contribution in [0.4, 0.5) is 5.82 Å². The van der Waals surface area contributed by atoms with Crippen LogP contribution in [0, 0.1) is 0 Å². The lowest BCUT2D eigenvalue weighted by molar-refractivity contribution is -0.140. The summed E-state index contributed by atoms with van der Waals surface area (Å²) in [5.41, 5.74) is 0. The fourth-order valence-electron chi connectivity index (χ4n) is 3.43. The van der Waals surface area contributed by atoms with Gasteiger partial charge in [-0.1, -0.05) is 0 Å². The third kappa shape index (κ3) is 3.51. The molecule has 0 saturated carbocycles. The van der Waals surface area contributed by atoms with Gasteiger partial charge in [-0.15, -0.1) is 0 Å². The predicted octanol–water partition coefficient (Wildman–Crippen LogP) is 1.81. The Labute approximate surface area is 146 Å². The average molecular weight is 342 g/mol. The minimum Gasteiger partial charge on any atom is -0.469 e. The molecular weight excluding hydrogens is 320 g/mol. The van der Waals surface area contributed by atoms with Crippen molar-refractivity contribution in [2.75, 3.05) is 37.7 Å². The topological polar surface area (TPSA) is 71.7 Å². The second-order valence-electron chi connectivity index (χ2n) is 6.40. The number of furan rings is 1. The van der Waals surface area contributed by atoms with Gasteiger partial charge in [0.25, 0.3) is 0 Å². The van der Waals surface area contributed by atoms with Crippen molar-refractivity contribution >= 4 is 11.7 Å². The lowest BCUT2D eigenvalue weighted by Crippen LogP contribution is -2.44. The Kier molecular flexibility index (Phi) is 4.65. The molecule has 2 aromatic heterocycles. The smallest absolute Gasteiger partial charge is 0.230 e. The zero-order valence-corrected chi connectivity index (χ0v) is 14.1. The fraction of sp³-hybridized carbons (Fsp3) is 0.500. The molecule has 2 saturated heterocycles. The van der Waals surface area contributed by atoms with Gasteiger partial charge in [0.05, 0.1) is 25.9 Å². The number of anilines is 1. The van der Waals surface area contributed by atoms with Crippen molar-refractivity contribution in [1.82, 2.24) is 14.9 Å². The van der Waals surface area contributed by atoms with Gasteiger partial charge in [0.2, 0.25) is 5.91 Å². The van der Waals surface area contributed by atoms with E-state index in [1.165, 1.54) is 12.8 Å². The summed E-state index contributed by atoms with van der Waals surface area (Å²) in [5, 5.41) is 0. The molecule has 2 fully saturated rings. The molecule has 1 atom stereocenters. The van der Waals surface area contributed by atoms with E-state index in [0.29, 0.717) is 31.3 Å². The van der Waals surface area contributed by atoms with Crippen molar-refractivity contribution in [2.45, 2.75) is 25.3 Å². The molecule has 2 aromatic rings. The second kappa shape index (κ2) is 7.23. The van der Waals surface area contributed by atoms with Crippen LogP contribution in [0.1, 0.15) is 30.5 Å². The van der Waals surface area contributed by atoms with Crippen LogP contribution < -0.4 is 4.90 Å². The predicted molar refractivity (Wildman–Crippen MR) is 91.2 cm³/mol. The van der Waals surface area contributed by atoms with Gasteiger partial charge in [0.15, 0.2) is 5.82 Å². The molecule has 0 N–H and O–H groups in total. The molecule has 7 heteroatoms. The fourth-order valence-corrected chi connectivity index (χ4v) is 3.43. The number of aromatic nitrogens is 2. The summed E-state index contributed by atoms with van der Waals surface area (Å²) >= 11 is 0. The van der Waals surface area contributed by atoms with Crippen LogP contribution in [0.3, 0.4) is 0 Å². The molecule has 2 aliphatic rings. The number of amides is 1. The van der Waals surface area contributed by atoms with Gasteiger partial charge in [-0.2, -0.15) is 0 Å². The van der Waals surface area contributed by atoms with Crippen LogP contribution in [0.25, 0.3) is 0 Å². The van der Waals surface area contributed by atoms with E-state index in [0.717, 1.165) is 18.9 Å². The van der Waals surface area contributed by atoms with Gasteiger partial charge in [-0.05, 0) is 31.0 Å². The van der Waals surface area contributed by atoms with Crippen LogP contribution in [0.5, 0.6) is 0 Å². The number of morpholine rings is 1. The number of hydrogen-bond donors (Lipinski definition) is 0. The first-order chi connectivity index (χ1) is 12.3. The van der Waals surface area contributed by atoms with Crippen LogP contribution in [0.15, 0.2) is 35.1 Å². The summed E-state index contributed by atoms with van der Waals surface area (Å²) in [7, 11) is 0. The van der Waals surface area contributed by atoms with Crippen molar-refractivity contribution in [2.24, 2.45) is 0 Å². The molecule has 4 heterocycles. The molecule has 2 aliphatic heterocycles. The first-order valence-electron chi connectivity index (χ1n) is 8.79. The molecule has 132 valence electrons. The quantitative estimate of drug-likeness (QED) is 0.844. The monoisotopic (exact) mass is 342 g/mol. The van der Waals surface area contributed by atoms with Gasteiger partial charge in [0.1, 0.15) is 17.6 Å². The third-order valence-electron chi connectivity index (χ3n) is 4.74. The highest BCUT2D eigenvalue weighted by atomic mass is 16.5. The number of nitrogens with zero attached hydrogens (tertiary/aromatic N) is 4. The maximum Gasteiger partial charge on any atom is 0.230 e. The van der Waals surface area contributed by atoms with E-state index >= 15 is 0 Å². The summed E-state index contributed by atoms with van der Waals surface area (Å²) in [4.78, 5) is 26.0. The molecule has 25 heavy (non-hydrogen) atoms. The maximum atomic E-state index is 12.7. The zero-order chi connectivity index (χ0) is 17.1. The summed E-state index contributed by atoms with van der Waals surface area (Å²) in [6, 6.07) is 5.30. The number of ether oxygens (including phenoxy) is 1. The average Bonchev–Trinajstić information content (AvgIpc) is 3.36. The van der Waals surface area contributed by atoms with E-state index < -0.39 is 0 Å². The van der Waals surface area contributed by atoms with Crippen molar-refractivity contribution in [3.8, 4) is 0 Å². The van der Waals surface area contributed by atoms with E-state index in [2.05, 4.69) is 9.88 Å². The molecule has 0 bridgehead atoms. The Bertz CT molecular complexity index is 713. The van der Waals surface area contributed by atoms with Gasteiger partial charge in [-0.25, -0.2) is 9.97 Å². The van der Waals surface area contributed by atoms with Gasteiger partial charge >= 0.3 is 0 Å². The Morgan fingerprint density at radius 2 is 2.12 bits per heavy atom. The molecule has 0 spiro atoms. The summed E-state index contributed by atoms with van der Waals surface area (Å²) in [6.07, 6.45) is 6.00. The molecule has 1 unspecified atom stereocenters. The molecule has 0 radical (unpaired) electrons. The number of rotatable bonds is 4. The maximum absolute atomic E-state index is 12.7. The molecular formula is C18H22N4O3. The van der Waals surface area contributed by atoms with Crippen LogP contribution in [-0.2, 0) is 16.0 Å². The van der Waals surface area contributed by atoms with Gasteiger partial charge in [0, 0.05) is 25.8 Å². The molecule has 0 aromatic carbocycles. The number of hydrogen-bond acceptors (Lipinski definition) is 6. The molecule has 0 aliphatic carbocycles. The lowest BCUT2D eigenvalue weighted by atomic mass is 10.1. The van der Waals surface area contributed by atoms with Crippen LogP contribution in [-0.4, -0.2) is 53.6 Å². The Morgan fingerprint density at radius 3 is 2.92 bits per heavy atom. The highest BCUT2D eigenvalue weighted by Crippen LogP contribution is 2.25.